The molecule has 0 heterocycles. The lowest BCUT2D eigenvalue weighted by molar-refractivity contribution is -0.295. The first-order valence-electron chi connectivity index (χ1n) is 5.87. The van der Waals surface area contributed by atoms with Gasteiger partial charge in [-0.3, -0.25) is 4.18 Å². The van der Waals surface area contributed by atoms with Gasteiger partial charge in [0.05, 0.1) is 6.61 Å². The maximum Gasteiger partial charge on any atom is 0.535 e. The van der Waals surface area contributed by atoms with Crippen LogP contribution in [0, 0.1) is 0 Å². The van der Waals surface area contributed by atoms with E-state index in [0.29, 0.717) is 13.4 Å². The third-order valence-electron chi connectivity index (χ3n) is 2.37. The van der Waals surface area contributed by atoms with Gasteiger partial charge in [0.1, 0.15) is 7.20 Å². The normalized spacial score (nSPS) is 17.2. The summed E-state index contributed by atoms with van der Waals surface area (Å²) >= 11 is 0. The molecule has 0 aliphatic rings. The van der Waals surface area contributed by atoms with Crippen molar-refractivity contribution in [3.05, 3.63) is 0 Å². The molecule has 0 saturated heterocycles. The van der Waals surface area contributed by atoms with Crippen LogP contribution in [0.5, 0.6) is 0 Å². The fraction of sp³-hybridized carbons (Fsp3) is 1.00. The molecule has 0 radical (unpaired) electrons. The highest BCUT2D eigenvalue weighted by Gasteiger charge is 2.86. The van der Waals surface area contributed by atoms with Gasteiger partial charge in [0.15, 0.2) is 0 Å². The zero-order valence-electron chi connectivity index (χ0n) is 12.5. The summed E-state index contributed by atoms with van der Waals surface area (Å²) in [5.41, 5.74) is -4.98. The molecule has 0 aliphatic carbocycles. The Labute approximate surface area is 135 Å². The first kappa shape index (κ1) is 23.4. The number of methoxy groups -OCH3 is 1. The molecule has 23 heavy (non-hydrogen) atoms. The van der Waals surface area contributed by atoms with Crippen LogP contribution in [0.25, 0.3) is 0 Å². The van der Waals surface area contributed by atoms with Gasteiger partial charge < -0.3 is 4.74 Å². The van der Waals surface area contributed by atoms with Gasteiger partial charge in [0, 0.05) is 12.9 Å². The predicted octanol–water partition coefficient (Wildman–Crippen LogP) is 5.56. The lowest BCUT2D eigenvalue weighted by atomic mass is 10.9. The molecule has 4 nitrogen and oxygen atoms in total. The number of hydrogen-bond acceptors (Lipinski definition) is 6. The minimum absolute atomic E-state index is 0.331. The van der Waals surface area contributed by atoms with Crippen molar-refractivity contribution in [2.24, 2.45) is 0 Å². The van der Waals surface area contributed by atoms with E-state index in [0.717, 1.165) is 13.8 Å². The molecule has 0 aromatic heterocycles. The molecule has 14 heteroatoms. The highest BCUT2D eigenvalue weighted by atomic mass is 33.6. The van der Waals surface area contributed by atoms with E-state index >= 15 is 0 Å². The molecule has 0 saturated carbocycles. The molecule has 0 fully saturated rings. The Bertz CT molecular complexity index is 414. The van der Waals surface area contributed by atoms with Crippen molar-refractivity contribution in [1.29, 1.82) is 0 Å². The Morgan fingerprint density at radius 2 is 1.61 bits per heavy atom. The van der Waals surface area contributed by atoms with Crippen LogP contribution in [0.1, 0.15) is 13.8 Å². The smallest absolute Gasteiger partial charge is 0.311 e. The van der Waals surface area contributed by atoms with E-state index < -0.39 is 48.8 Å². The van der Waals surface area contributed by atoms with Crippen LogP contribution in [0.4, 0.5) is 30.7 Å². The molecule has 0 rings (SSSR count). The molecule has 144 valence electrons. The maximum atomic E-state index is 14.6. The molecule has 0 amide bonds. The van der Waals surface area contributed by atoms with Gasteiger partial charge in [-0.25, -0.2) is 4.18 Å². The van der Waals surface area contributed by atoms with Crippen molar-refractivity contribution in [3.63, 3.8) is 0 Å². The van der Waals surface area contributed by atoms with E-state index in [1.54, 1.807) is 0 Å². The van der Waals surface area contributed by atoms with Crippen LogP contribution in [-0.4, -0.2) is 44.1 Å². The van der Waals surface area contributed by atoms with E-state index in [1.807, 2.05) is 0 Å². The summed E-state index contributed by atoms with van der Waals surface area (Å²) in [6.07, 6.45) is -5.08. The number of rotatable bonds is 10. The molecule has 0 N–H and O–H groups in total. The second kappa shape index (κ2) is 6.96. The number of ether oxygens (including phenoxy) is 1. The Kier molecular flexibility index (Phi) is 7.08. The predicted molar refractivity (Wildman–Crippen MR) is 77.0 cm³/mol. The van der Waals surface area contributed by atoms with Gasteiger partial charge in [-0.05, 0) is 34.8 Å². The lowest BCUT2D eigenvalue weighted by Gasteiger charge is -2.73. The van der Waals surface area contributed by atoms with Crippen molar-refractivity contribution < 1.29 is 48.0 Å². The summed E-state index contributed by atoms with van der Waals surface area (Å²) in [7, 11) is -7.77. The van der Waals surface area contributed by atoms with Crippen molar-refractivity contribution in [2.75, 3.05) is 25.7 Å². The molecule has 0 aliphatic heterocycles. The lowest BCUT2D eigenvalue weighted by Crippen LogP contribution is -2.55. The summed E-state index contributed by atoms with van der Waals surface area (Å²) in [6.45, 7) is -2.71. The molecule has 0 spiro atoms. The monoisotopic (exact) mass is 418 g/mol. The van der Waals surface area contributed by atoms with Crippen LogP contribution >= 0.6 is 28.8 Å². The molecule has 0 unspecified atom stereocenters. The first-order chi connectivity index (χ1) is 10.2. The molecule has 0 aromatic carbocycles. The topological polar surface area (TPSA) is 36.9 Å². The quantitative estimate of drug-likeness (QED) is 0.341. The summed E-state index contributed by atoms with van der Waals surface area (Å²) in [5.74, 6) is -0.524. The second-order valence-electron chi connectivity index (χ2n) is 3.63. The average Bonchev–Trinajstić information content (AvgIpc) is 2.36. The molecular formula is C9H17F7O4S3. The Morgan fingerprint density at radius 3 is 1.87 bits per heavy atom. The number of hydrogen-bond donors (Lipinski definition) is 0. The molecule has 0 bridgehead atoms. The zero-order chi connectivity index (χ0) is 18.6. The Balaban J connectivity index is 7.02. The first-order valence-corrected chi connectivity index (χ1v) is 11.3. The Morgan fingerprint density at radius 1 is 1.09 bits per heavy atom. The fourth-order valence-electron chi connectivity index (χ4n) is 1.70. The minimum Gasteiger partial charge on any atom is -0.311 e. The van der Waals surface area contributed by atoms with Crippen molar-refractivity contribution in [2.45, 2.75) is 32.3 Å². The maximum absolute atomic E-state index is 14.6. The third-order valence-corrected chi connectivity index (χ3v) is 15.9. The van der Waals surface area contributed by atoms with Crippen LogP contribution in [-0.2, 0) is 17.3 Å². The molecular weight excluding hydrogens is 401 g/mol. The number of alkyl halides is 7. The van der Waals surface area contributed by atoms with E-state index in [-0.39, 0.29) is 10.8 Å². The summed E-state index contributed by atoms with van der Waals surface area (Å²) in [5, 5.41) is 0. The highest BCUT2D eigenvalue weighted by Crippen LogP contribution is 3.12. The van der Waals surface area contributed by atoms with Gasteiger partial charge >= 0.3 is 18.4 Å². The Hall–Kier alpha value is 0.400. The van der Waals surface area contributed by atoms with Crippen LogP contribution < -0.4 is 0 Å². The number of halogens is 7. The largest absolute Gasteiger partial charge is 0.535 e. The minimum atomic E-state index is -7.36. The van der Waals surface area contributed by atoms with Crippen molar-refractivity contribution in [3.8, 4) is 0 Å². The second-order valence-corrected chi connectivity index (χ2v) is 14.8. The van der Waals surface area contributed by atoms with Gasteiger partial charge in [-0.2, -0.15) is 21.7 Å². The van der Waals surface area contributed by atoms with Crippen LogP contribution in [0.2, 0.25) is 0 Å². The van der Waals surface area contributed by atoms with E-state index in [4.69, 9.17) is 0 Å². The van der Waals surface area contributed by atoms with Crippen LogP contribution in [0.3, 0.4) is 0 Å². The van der Waals surface area contributed by atoms with Gasteiger partial charge in [-0.15, -0.1) is 13.2 Å². The van der Waals surface area contributed by atoms with Crippen molar-refractivity contribution in [1.82, 2.24) is 0 Å². The van der Waals surface area contributed by atoms with Crippen molar-refractivity contribution >= 4 is 28.8 Å². The standard InChI is InChI=1S/C9H17F7O4S3/c1-5-18-23(21-4,22-6-2,19-7(10)11,9(15,16)17-3)20-8(12,13)14/h7H,5-6H2,1-4H3. The van der Waals surface area contributed by atoms with E-state index in [1.165, 1.54) is 0 Å². The highest BCUT2D eigenvalue weighted by molar-refractivity contribution is 9.36. The average molecular weight is 418 g/mol. The van der Waals surface area contributed by atoms with Gasteiger partial charge in [0.2, 0.25) is 0 Å². The summed E-state index contributed by atoms with van der Waals surface area (Å²) in [6, 6.07) is 0. The third kappa shape index (κ3) is 3.67. The fourth-order valence-corrected chi connectivity index (χ4v) is 12.7. The summed E-state index contributed by atoms with van der Waals surface area (Å²) < 4.78 is 110. The van der Waals surface area contributed by atoms with E-state index in [2.05, 4.69) is 17.3 Å². The summed E-state index contributed by atoms with van der Waals surface area (Å²) in [4.78, 5) is 0. The zero-order valence-corrected chi connectivity index (χ0v) is 14.9. The van der Waals surface area contributed by atoms with E-state index in [9.17, 15) is 30.7 Å². The SMILES string of the molecule is CCOS(OC(F)F)(OC(F)(F)F)(SC)(SCC)C(F)(F)OC. The molecule has 0 atom stereocenters. The van der Waals surface area contributed by atoms with Gasteiger partial charge in [0.25, 0.3) is 0 Å². The van der Waals surface area contributed by atoms with Gasteiger partial charge in [-0.1, -0.05) is 6.92 Å². The molecule has 0 aromatic rings. The van der Waals surface area contributed by atoms with Crippen LogP contribution in [0.15, 0.2) is 0 Å².